The Balaban J connectivity index is 2.16. The van der Waals surface area contributed by atoms with Gasteiger partial charge in [0.05, 0.1) is 6.10 Å². The standard InChI is InChI=1S/C11H20N2O5S/c1-8-2-4-12(5-3-8)19(17,18)13-7-9(14)6-10(13)11(15)16/h8-10,14H,2-7H2,1H3,(H,15,16)/t9?,10-/m1/s1. The highest BCUT2D eigenvalue weighted by Crippen LogP contribution is 2.27. The summed E-state index contributed by atoms with van der Waals surface area (Å²) in [6, 6.07) is -1.15. The largest absolute Gasteiger partial charge is 0.480 e. The second kappa shape index (κ2) is 5.35. The van der Waals surface area contributed by atoms with Crippen LogP contribution in [0.15, 0.2) is 0 Å². The van der Waals surface area contributed by atoms with E-state index in [0.717, 1.165) is 17.1 Å². The zero-order valence-electron chi connectivity index (χ0n) is 10.9. The van der Waals surface area contributed by atoms with Gasteiger partial charge in [0.25, 0.3) is 10.2 Å². The molecule has 0 radical (unpaired) electrons. The SMILES string of the molecule is CC1CCN(S(=O)(=O)N2CC(O)C[C@@H]2C(=O)O)CC1. The Kier molecular flexibility index (Phi) is 4.14. The van der Waals surface area contributed by atoms with Gasteiger partial charge in [-0.2, -0.15) is 17.0 Å². The average Bonchev–Trinajstić information content (AvgIpc) is 2.73. The van der Waals surface area contributed by atoms with Crippen molar-refractivity contribution in [2.24, 2.45) is 5.92 Å². The van der Waals surface area contributed by atoms with E-state index >= 15 is 0 Å². The van der Waals surface area contributed by atoms with Gasteiger partial charge in [-0.25, -0.2) is 0 Å². The fourth-order valence-electron chi connectivity index (χ4n) is 2.63. The fraction of sp³-hybridized carbons (Fsp3) is 0.909. The van der Waals surface area contributed by atoms with E-state index in [2.05, 4.69) is 6.92 Å². The van der Waals surface area contributed by atoms with E-state index in [0.29, 0.717) is 19.0 Å². The number of rotatable bonds is 3. The Hall–Kier alpha value is -0.700. The van der Waals surface area contributed by atoms with Crippen molar-refractivity contribution in [3.05, 3.63) is 0 Å². The topological polar surface area (TPSA) is 98.2 Å². The number of aliphatic hydroxyl groups is 1. The zero-order valence-corrected chi connectivity index (χ0v) is 11.7. The summed E-state index contributed by atoms with van der Waals surface area (Å²) in [6.07, 6.45) is 0.624. The minimum atomic E-state index is -3.79. The molecular formula is C11H20N2O5S. The Bertz CT molecular complexity index is 444. The average molecular weight is 292 g/mol. The van der Waals surface area contributed by atoms with E-state index < -0.39 is 28.3 Å². The van der Waals surface area contributed by atoms with Crippen molar-refractivity contribution in [3.8, 4) is 0 Å². The maximum absolute atomic E-state index is 12.4. The molecule has 0 amide bonds. The van der Waals surface area contributed by atoms with Gasteiger partial charge in [-0.3, -0.25) is 4.79 Å². The molecule has 2 aliphatic heterocycles. The molecule has 1 unspecified atom stereocenters. The fourth-order valence-corrected chi connectivity index (χ4v) is 4.45. The van der Waals surface area contributed by atoms with Gasteiger partial charge < -0.3 is 10.2 Å². The van der Waals surface area contributed by atoms with Gasteiger partial charge in [0.2, 0.25) is 0 Å². The highest BCUT2D eigenvalue weighted by Gasteiger charge is 2.45. The number of carbonyl (C=O) groups is 1. The molecular weight excluding hydrogens is 272 g/mol. The Morgan fingerprint density at radius 2 is 1.84 bits per heavy atom. The molecule has 19 heavy (non-hydrogen) atoms. The normalized spacial score (nSPS) is 31.7. The van der Waals surface area contributed by atoms with Crippen LogP contribution in [0.5, 0.6) is 0 Å². The first-order chi connectivity index (χ1) is 8.82. The summed E-state index contributed by atoms with van der Waals surface area (Å²) in [4.78, 5) is 11.1. The van der Waals surface area contributed by atoms with Crippen LogP contribution in [0.25, 0.3) is 0 Å². The summed E-state index contributed by atoms with van der Waals surface area (Å²) in [7, 11) is -3.79. The Morgan fingerprint density at radius 1 is 1.26 bits per heavy atom. The number of piperidine rings is 1. The van der Waals surface area contributed by atoms with Crippen LogP contribution in [-0.4, -0.2) is 65.0 Å². The highest BCUT2D eigenvalue weighted by atomic mass is 32.2. The predicted molar refractivity (Wildman–Crippen MR) is 67.6 cm³/mol. The first-order valence-corrected chi connectivity index (χ1v) is 7.90. The van der Waals surface area contributed by atoms with Crippen LogP contribution < -0.4 is 0 Å². The summed E-state index contributed by atoms with van der Waals surface area (Å²) in [6.45, 7) is 2.78. The zero-order chi connectivity index (χ0) is 14.2. The molecule has 7 nitrogen and oxygen atoms in total. The van der Waals surface area contributed by atoms with E-state index in [1.54, 1.807) is 0 Å². The van der Waals surface area contributed by atoms with E-state index in [1.807, 2.05) is 0 Å². The van der Waals surface area contributed by atoms with Gasteiger partial charge in [-0.15, -0.1) is 0 Å². The first kappa shape index (κ1) is 14.7. The van der Waals surface area contributed by atoms with E-state index in [4.69, 9.17) is 5.11 Å². The lowest BCUT2D eigenvalue weighted by molar-refractivity contribution is -0.140. The molecule has 0 aliphatic carbocycles. The van der Waals surface area contributed by atoms with Crippen molar-refractivity contribution in [2.75, 3.05) is 19.6 Å². The molecule has 2 N–H and O–H groups in total. The minimum Gasteiger partial charge on any atom is -0.480 e. The van der Waals surface area contributed by atoms with Gasteiger partial charge in [-0.1, -0.05) is 6.92 Å². The third kappa shape index (κ3) is 2.91. The molecule has 2 rings (SSSR count). The van der Waals surface area contributed by atoms with Gasteiger partial charge >= 0.3 is 5.97 Å². The second-order valence-corrected chi connectivity index (χ2v) is 7.28. The van der Waals surface area contributed by atoms with Crippen molar-refractivity contribution in [1.29, 1.82) is 0 Å². The van der Waals surface area contributed by atoms with Crippen LogP contribution in [0.3, 0.4) is 0 Å². The van der Waals surface area contributed by atoms with Crippen LogP contribution in [0.4, 0.5) is 0 Å². The van der Waals surface area contributed by atoms with E-state index in [-0.39, 0.29) is 13.0 Å². The number of hydrogen-bond donors (Lipinski definition) is 2. The number of hydrogen-bond acceptors (Lipinski definition) is 4. The van der Waals surface area contributed by atoms with E-state index in [9.17, 15) is 18.3 Å². The third-order valence-electron chi connectivity index (χ3n) is 3.88. The molecule has 0 bridgehead atoms. The summed E-state index contributed by atoms with van der Waals surface area (Å²) in [5.41, 5.74) is 0. The maximum atomic E-state index is 12.4. The smallest absolute Gasteiger partial charge is 0.322 e. The molecule has 0 aromatic carbocycles. The lowest BCUT2D eigenvalue weighted by Crippen LogP contribution is -2.50. The number of aliphatic carboxylic acids is 1. The lowest BCUT2D eigenvalue weighted by atomic mass is 10.0. The van der Waals surface area contributed by atoms with Crippen LogP contribution in [-0.2, 0) is 15.0 Å². The van der Waals surface area contributed by atoms with Gasteiger partial charge in [0.1, 0.15) is 6.04 Å². The quantitative estimate of drug-likeness (QED) is 0.729. The third-order valence-corrected chi connectivity index (χ3v) is 5.90. The minimum absolute atomic E-state index is 0.0429. The highest BCUT2D eigenvalue weighted by molar-refractivity contribution is 7.86. The Labute approximate surface area is 113 Å². The second-order valence-electron chi connectivity index (χ2n) is 5.40. The first-order valence-electron chi connectivity index (χ1n) is 6.50. The predicted octanol–water partition coefficient (Wildman–Crippen LogP) is -0.517. The maximum Gasteiger partial charge on any atom is 0.322 e. The van der Waals surface area contributed by atoms with Crippen LogP contribution >= 0.6 is 0 Å². The molecule has 0 saturated carbocycles. The number of aliphatic hydroxyl groups excluding tert-OH is 1. The molecule has 0 aromatic rings. The van der Waals surface area contributed by atoms with Crippen molar-refractivity contribution >= 4 is 16.2 Å². The number of β-amino-alcohol motifs (C(OH)–C–C–N with tert-alkyl or cyclic N) is 1. The lowest BCUT2D eigenvalue weighted by Gasteiger charge is -2.33. The molecule has 2 heterocycles. The number of carboxylic acids is 1. The number of nitrogens with zero attached hydrogens (tertiary/aromatic N) is 2. The monoisotopic (exact) mass is 292 g/mol. The van der Waals surface area contributed by atoms with Crippen molar-refractivity contribution in [2.45, 2.75) is 38.3 Å². The van der Waals surface area contributed by atoms with Gasteiger partial charge in [0, 0.05) is 26.1 Å². The molecule has 110 valence electrons. The van der Waals surface area contributed by atoms with E-state index in [1.165, 1.54) is 4.31 Å². The molecule has 2 fully saturated rings. The van der Waals surface area contributed by atoms with Crippen LogP contribution in [0, 0.1) is 5.92 Å². The van der Waals surface area contributed by atoms with Crippen molar-refractivity contribution < 1.29 is 23.4 Å². The Morgan fingerprint density at radius 3 is 2.37 bits per heavy atom. The summed E-state index contributed by atoms with van der Waals surface area (Å²) in [5.74, 6) is -0.712. The molecule has 2 aliphatic rings. The molecule has 8 heteroatoms. The van der Waals surface area contributed by atoms with Crippen LogP contribution in [0.2, 0.25) is 0 Å². The molecule has 0 spiro atoms. The summed E-state index contributed by atoms with van der Waals surface area (Å²) >= 11 is 0. The summed E-state index contributed by atoms with van der Waals surface area (Å²) < 4.78 is 27.1. The van der Waals surface area contributed by atoms with Gasteiger partial charge in [-0.05, 0) is 18.8 Å². The molecule has 0 aromatic heterocycles. The number of carboxylic acid groups (broad SMARTS) is 1. The van der Waals surface area contributed by atoms with Crippen molar-refractivity contribution in [1.82, 2.24) is 8.61 Å². The van der Waals surface area contributed by atoms with Crippen LogP contribution in [0.1, 0.15) is 26.2 Å². The molecule has 2 saturated heterocycles. The van der Waals surface area contributed by atoms with Gasteiger partial charge in [0.15, 0.2) is 0 Å². The van der Waals surface area contributed by atoms with Crippen molar-refractivity contribution in [3.63, 3.8) is 0 Å². The summed E-state index contributed by atoms with van der Waals surface area (Å²) in [5, 5.41) is 18.6. The molecule has 2 atom stereocenters.